The third-order valence-electron chi connectivity index (χ3n) is 5.64. The molecule has 2 aromatic heterocycles. The van der Waals surface area contributed by atoms with Crippen molar-refractivity contribution in [2.24, 2.45) is 7.05 Å². The van der Waals surface area contributed by atoms with Crippen molar-refractivity contribution in [1.82, 2.24) is 19.7 Å². The summed E-state index contributed by atoms with van der Waals surface area (Å²) >= 11 is 0. The molecule has 1 atom stereocenters. The molecule has 1 aliphatic carbocycles. The molecule has 2 bridgehead atoms. The number of aryl methyl sites for hydroxylation is 2. The normalized spacial score (nSPS) is 18.6. The molecule has 1 saturated carbocycles. The van der Waals surface area contributed by atoms with Crippen LogP contribution in [0.4, 0.5) is 5.82 Å². The summed E-state index contributed by atoms with van der Waals surface area (Å²) in [5.74, 6) is 1.37. The van der Waals surface area contributed by atoms with Crippen LogP contribution in [0.3, 0.4) is 0 Å². The summed E-state index contributed by atoms with van der Waals surface area (Å²) in [7, 11) is 1.68. The molecule has 0 amide bonds. The highest BCUT2D eigenvalue weighted by atomic mass is 16.6. The molecule has 3 aromatic rings. The van der Waals surface area contributed by atoms with E-state index in [1.165, 1.54) is 10.9 Å². The first-order chi connectivity index (χ1) is 14.9. The van der Waals surface area contributed by atoms with Gasteiger partial charge in [-0.25, -0.2) is 9.97 Å². The van der Waals surface area contributed by atoms with Gasteiger partial charge in [0, 0.05) is 12.6 Å². The number of ether oxygens (including phenoxy) is 3. The quantitative estimate of drug-likeness (QED) is 0.591. The lowest BCUT2D eigenvalue weighted by Gasteiger charge is -2.23. The van der Waals surface area contributed by atoms with Gasteiger partial charge in [0.05, 0.1) is 6.20 Å². The van der Waals surface area contributed by atoms with Gasteiger partial charge in [0.25, 0.3) is 5.88 Å². The number of nitriles is 1. The number of hydrogen-bond acceptors (Lipinski definition) is 8. The average molecular weight is 418 g/mol. The minimum atomic E-state index is -0.442. The molecule has 158 valence electrons. The Bertz CT molecular complexity index is 1220. The molecular formula is C22H22N6O3. The van der Waals surface area contributed by atoms with E-state index in [1.807, 2.05) is 32.0 Å². The van der Waals surface area contributed by atoms with Gasteiger partial charge in [-0.1, -0.05) is 11.6 Å². The average Bonchev–Trinajstić information content (AvgIpc) is 3.43. The van der Waals surface area contributed by atoms with E-state index in [2.05, 4.69) is 21.1 Å². The SMILES string of the molecule is Cc1ccc2c(c1)[C@@H](C)Oc1nc(cnc1N)-c1c(nn(C)c1C#N)OCC1(CC1)O2. The van der Waals surface area contributed by atoms with E-state index in [9.17, 15) is 5.26 Å². The minimum absolute atomic E-state index is 0.157. The second-order valence-corrected chi connectivity index (χ2v) is 8.08. The van der Waals surface area contributed by atoms with Crippen LogP contribution in [0.1, 0.15) is 42.7 Å². The molecule has 0 saturated heterocycles. The van der Waals surface area contributed by atoms with Crippen LogP contribution in [0.2, 0.25) is 0 Å². The van der Waals surface area contributed by atoms with Crippen molar-refractivity contribution >= 4 is 5.82 Å². The second kappa shape index (κ2) is 6.87. The van der Waals surface area contributed by atoms with Crippen molar-refractivity contribution < 1.29 is 14.2 Å². The lowest BCUT2D eigenvalue weighted by Crippen LogP contribution is -2.27. The zero-order chi connectivity index (χ0) is 21.8. The fourth-order valence-electron chi connectivity index (χ4n) is 3.71. The summed E-state index contributed by atoms with van der Waals surface area (Å²) in [5.41, 5.74) is 8.78. The summed E-state index contributed by atoms with van der Waals surface area (Å²) in [5, 5.41) is 14.1. The van der Waals surface area contributed by atoms with Gasteiger partial charge < -0.3 is 19.9 Å². The van der Waals surface area contributed by atoms with E-state index in [1.54, 1.807) is 7.05 Å². The molecule has 3 heterocycles. The Balaban J connectivity index is 1.68. The third kappa shape index (κ3) is 3.30. The third-order valence-corrected chi connectivity index (χ3v) is 5.64. The van der Waals surface area contributed by atoms with E-state index in [0.29, 0.717) is 29.4 Å². The number of anilines is 1. The van der Waals surface area contributed by atoms with Crippen LogP contribution < -0.4 is 19.9 Å². The summed E-state index contributed by atoms with van der Waals surface area (Å²) in [6, 6.07) is 8.16. The Labute approximate surface area is 179 Å². The van der Waals surface area contributed by atoms with Crippen LogP contribution in [-0.4, -0.2) is 32.0 Å². The zero-order valence-corrected chi connectivity index (χ0v) is 17.5. The number of nitrogen functional groups attached to an aromatic ring is 1. The molecule has 0 unspecified atom stereocenters. The van der Waals surface area contributed by atoms with Crippen molar-refractivity contribution in [3.8, 4) is 34.8 Å². The molecule has 1 aliphatic heterocycles. The van der Waals surface area contributed by atoms with Gasteiger partial charge in [-0.2, -0.15) is 5.26 Å². The lowest BCUT2D eigenvalue weighted by atomic mass is 10.1. The van der Waals surface area contributed by atoms with Gasteiger partial charge in [-0.3, -0.25) is 4.68 Å². The highest BCUT2D eigenvalue weighted by Crippen LogP contribution is 2.44. The molecular weight excluding hydrogens is 396 g/mol. The van der Waals surface area contributed by atoms with E-state index in [-0.39, 0.29) is 17.8 Å². The predicted molar refractivity (Wildman–Crippen MR) is 112 cm³/mol. The smallest absolute Gasteiger partial charge is 0.258 e. The van der Waals surface area contributed by atoms with Crippen LogP contribution in [0.25, 0.3) is 11.3 Å². The largest absolute Gasteiger partial charge is 0.483 e. The summed E-state index contributed by atoms with van der Waals surface area (Å²) in [6.45, 7) is 4.24. The van der Waals surface area contributed by atoms with Gasteiger partial charge in [-0.15, -0.1) is 5.10 Å². The fraction of sp³-hybridized carbons (Fsp3) is 0.364. The van der Waals surface area contributed by atoms with Crippen molar-refractivity contribution in [2.75, 3.05) is 12.3 Å². The van der Waals surface area contributed by atoms with Gasteiger partial charge in [-0.05, 0) is 38.8 Å². The Morgan fingerprint density at radius 2 is 2.10 bits per heavy atom. The highest BCUT2D eigenvalue weighted by Gasteiger charge is 2.47. The molecule has 2 N–H and O–H groups in total. The van der Waals surface area contributed by atoms with Crippen molar-refractivity contribution in [2.45, 2.75) is 38.4 Å². The maximum absolute atomic E-state index is 9.69. The minimum Gasteiger partial charge on any atom is -0.483 e. The number of benzene rings is 1. The first kappa shape index (κ1) is 19.2. The summed E-state index contributed by atoms with van der Waals surface area (Å²) in [6.07, 6.45) is 2.84. The number of fused-ring (bicyclic) bond motifs is 5. The number of nitrogens with zero attached hydrogens (tertiary/aromatic N) is 5. The molecule has 1 aromatic carbocycles. The van der Waals surface area contributed by atoms with Crippen LogP contribution >= 0.6 is 0 Å². The number of hydrogen-bond donors (Lipinski definition) is 1. The lowest BCUT2D eigenvalue weighted by molar-refractivity contribution is 0.101. The number of aromatic nitrogens is 4. The van der Waals surface area contributed by atoms with Crippen molar-refractivity contribution in [3.63, 3.8) is 0 Å². The first-order valence-corrected chi connectivity index (χ1v) is 10.1. The number of rotatable bonds is 0. The molecule has 9 heteroatoms. The zero-order valence-electron chi connectivity index (χ0n) is 17.5. The summed E-state index contributed by atoms with van der Waals surface area (Å²) in [4.78, 5) is 8.80. The maximum Gasteiger partial charge on any atom is 0.258 e. The molecule has 5 rings (SSSR count). The van der Waals surface area contributed by atoms with Crippen LogP contribution in [-0.2, 0) is 7.05 Å². The van der Waals surface area contributed by atoms with E-state index in [4.69, 9.17) is 19.9 Å². The second-order valence-electron chi connectivity index (χ2n) is 8.08. The van der Waals surface area contributed by atoms with E-state index >= 15 is 0 Å². The standard InChI is InChI=1S/C22H22N6O3/c1-12-4-5-17-14(8-12)13(2)30-21-19(24)25-10-15(26-21)18-16(9-23)28(3)27-20(18)29-11-22(31-17)6-7-22/h4-5,8,10,13H,6-7,11H2,1-3H3,(H2,24,25)/t13-/m1/s1. The monoisotopic (exact) mass is 418 g/mol. The molecule has 1 spiro atoms. The molecule has 9 nitrogen and oxygen atoms in total. The topological polar surface area (TPSA) is 121 Å². The Morgan fingerprint density at radius 1 is 1.29 bits per heavy atom. The van der Waals surface area contributed by atoms with Gasteiger partial charge in [0.15, 0.2) is 11.5 Å². The molecule has 2 aliphatic rings. The predicted octanol–water partition coefficient (Wildman–Crippen LogP) is 3.08. The van der Waals surface area contributed by atoms with E-state index in [0.717, 1.165) is 29.7 Å². The Kier molecular flexibility index (Phi) is 4.25. The summed E-state index contributed by atoms with van der Waals surface area (Å²) < 4.78 is 20.1. The molecule has 31 heavy (non-hydrogen) atoms. The Hall–Kier alpha value is -3.80. The first-order valence-electron chi connectivity index (χ1n) is 10.1. The van der Waals surface area contributed by atoms with Crippen molar-refractivity contribution in [1.29, 1.82) is 5.26 Å². The van der Waals surface area contributed by atoms with Crippen molar-refractivity contribution in [3.05, 3.63) is 41.2 Å². The van der Waals surface area contributed by atoms with Crippen LogP contribution in [0, 0.1) is 18.3 Å². The van der Waals surface area contributed by atoms with Gasteiger partial charge in [0.2, 0.25) is 5.88 Å². The van der Waals surface area contributed by atoms with Gasteiger partial charge in [0.1, 0.15) is 41.4 Å². The fourth-order valence-corrected chi connectivity index (χ4v) is 3.71. The highest BCUT2D eigenvalue weighted by molar-refractivity contribution is 5.71. The maximum atomic E-state index is 9.69. The Morgan fingerprint density at radius 3 is 2.84 bits per heavy atom. The van der Waals surface area contributed by atoms with Crippen LogP contribution in [0.15, 0.2) is 24.4 Å². The number of nitrogens with two attached hydrogens (primary N) is 1. The molecule has 1 fully saturated rings. The van der Waals surface area contributed by atoms with E-state index < -0.39 is 5.60 Å². The molecule has 0 radical (unpaired) electrons. The van der Waals surface area contributed by atoms with Crippen LogP contribution in [0.5, 0.6) is 17.5 Å². The van der Waals surface area contributed by atoms with Gasteiger partial charge >= 0.3 is 0 Å².